The molecular formula is C11H14N4O3. The molecule has 1 unspecified atom stereocenters. The van der Waals surface area contributed by atoms with E-state index in [0.29, 0.717) is 13.0 Å². The fourth-order valence-corrected chi connectivity index (χ4v) is 1.98. The molecular weight excluding hydrogens is 236 g/mol. The van der Waals surface area contributed by atoms with Gasteiger partial charge in [-0.1, -0.05) is 0 Å². The number of nitrogen functional groups attached to an aromatic ring is 1. The van der Waals surface area contributed by atoms with Crippen LogP contribution in [0.3, 0.4) is 0 Å². The van der Waals surface area contributed by atoms with Crippen molar-refractivity contribution in [3.8, 4) is 0 Å². The van der Waals surface area contributed by atoms with Gasteiger partial charge in [0.15, 0.2) is 6.10 Å². The Morgan fingerprint density at radius 2 is 2.56 bits per heavy atom. The van der Waals surface area contributed by atoms with Crippen LogP contribution in [-0.4, -0.2) is 35.4 Å². The van der Waals surface area contributed by atoms with Gasteiger partial charge in [0.25, 0.3) is 6.04 Å². The Labute approximate surface area is 104 Å². The Morgan fingerprint density at radius 3 is 3.17 bits per heavy atom. The minimum absolute atomic E-state index is 0.171. The van der Waals surface area contributed by atoms with Crippen LogP contribution in [0.5, 0.6) is 0 Å². The number of hydrogen-bond acceptors (Lipinski definition) is 5. The van der Waals surface area contributed by atoms with Crippen LogP contribution in [0.15, 0.2) is 17.1 Å². The van der Waals surface area contributed by atoms with E-state index in [-0.39, 0.29) is 18.0 Å². The molecule has 0 spiro atoms. The molecule has 96 valence electrons. The van der Waals surface area contributed by atoms with Crippen LogP contribution in [0.4, 0.5) is 5.82 Å². The molecule has 0 saturated carbocycles. The lowest BCUT2D eigenvalue weighted by molar-refractivity contribution is -0.0343. The maximum atomic E-state index is 11.7. The SMILES string of the molecule is [C-]#[N+]C1C[C@H](n2ccc(N)nc2=O)O[C@@H]1COC. The Balaban J connectivity index is 2.21. The molecule has 2 heterocycles. The van der Waals surface area contributed by atoms with Crippen LogP contribution in [0.25, 0.3) is 4.85 Å². The summed E-state index contributed by atoms with van der Waals surface area (Å²) in [7, 11) is 1.55. The molecule has 7 nitrogen and oxygen atoms in total. The Kier molecular flexibility index (Phi) is 3.60. The molecule has 0 amide bonds. The van der Waals surface area contributed by atoms with Gasteiger partial charge in [0, 0.05) is 13.3 Å². The van der Waals surface area contributed by atoms with E-state index in [1.54, 1.807) is 7.11 Å². The van der Waals surface area contributed by atoms with Gasteiger partial charge >= 0.3 is 5.69 Å². The number of nitrogens with two attached hydrogens (primary N) is 1. The number of methoxy groups -OCH3 is 1. The average Bonchev–Trinajstić information content (AvgIpc) is 2.72. The number of anilines is 1. The summed E-state index contributed by atoms with van der Waals surface area (Å²) < 4.78 is 12.0. The van der Waals surface area contributed by atoms with E-state index < -0.39 is 11.9 Å². The Hall–Kier alpha value is -1.91. The summed E-state index contributed by atoms with van der Waals surface area (Å²) in [4.78, 5) is 18.8. The molecule has 0 aliphatic carbocycles. The van der Waals surface area contributed by atoms with E-state index in [4.69, 9.17) is 21.8 Å². The first kappa shape index (κ1) is 12.5. The number of hydrogen-bond donors (Lipinski definition) is 1. The number of ether oxygens (including phenoxy) is 2. The predicted octanol–water partition coefficient (Wildman–Crippen LogP) is 0.0473. The highest BCUT2D eigenvalue weighted by atomic mass is 16.5. The van der Waals surface area contributed by atoms with Crippen molar-refractivity contribution < 1.29 is 9.47 Å². The molecule has 1 aliphatic heterocycles. The molecule has 18 heavy (non-hydrogen) atoms. The summed E-state index contributed by atoms with van der Waals surface area (Å²) in [5.41, 5.74) is 4.95. The zero-order chi connectivity index (χ0) is 13.1. The van der Waals surface area contributed by atoms with E-state index in [9.17, 15) is 4.79 Å². The van der Waals surface area contributed by atoms with Crippen molar-refractivity contribution in [2.75, 3.05) is 19.5 Å². The molecule has 1 fully saturated rings. The van der Waals surface area contributed by atoms with Gasteiger partial charge in [-0.15, -0.1) is 0 Å². The summed E-state index contributed by atoms with van der Waals surface area (Å²) in [6.45, 7) is 7.45. The van der Waals surface area contributed by atoms with Crippen molar-refractivity contribution in [3.63, 3.8) is 0 Å². The molecule has 2 N–H and O–H groups in total. The van der Waals surface area contributed by atoms with Gasteiger partial charge in [0.05, 0.1) is 13.0 Å². The van der Waals surface area contributed by atoms with Crippen LogP contribution in [-0.2, 0) is 9.47 Å². The molecule has 1 saturated heterocycles. The lowest BCUT2D eigenvalue weighted by Gasteiger charge is -2.13. The maximum Gasteiger partial charge on any atom is 0.351 e. The van der Waals surface area contributed by atoms with Crippen molar-refractivity contribution in [2.45, 2.75) is 24.8 Å². The molecule has 0 bridgehead atoms. The lowest BCUT2D eigenvalue weighted by Crippen LogP contribution is -2.28. The van der Waals surface area contributed by atoms with Crippen LogP contribution in [0.1, 0.15) is 12.6 Å². The van der Waals surface area contributed by atoms with Crippen LogP contribution in [0, 0.1) is 6.57 Å². The van der Waals surface area contributed by atoms with Gasteiger partial charge in [0.2, 0.25) is 0 Å². The van der Waals surface area contributed by atoms with Gasteiger partial charge in [-0.05, 0) is 6.07 Å². The smallest absolute Gasteiger partial charge is 0.351 e. The standard InChI is InChI=1S/C11H14N4O3/c1-13-7-5-10(18-8(7)6-17-2)15-4-3-9(12)14-11(15)16/h3-4,7-8,10H,5-6H2,2H3,(H2,12,14,16)/t7?,8-,10-/m1/s1. The molecule has 0 aromatic carbocycles. The number of rotatable bonds is 3. The van der Waals surface area contributed by atoms with E-state index in [1.165, 1.54) is 16.8 Å². The normalized spacial score (nSPS) is 27.0. The van der Waals surface area contributed by atoms with Gasteiger partial charge in [-0.2, -0.15) is 4.98 Å². The highest BCUT2D eigenvalue weighted by Crippen LogP contribution is 2.29. The minimum Gasteiger partial charge on any atom is -0.383 e. The van der Waals surface area contributed by atoms with Crippen molar-refractivity contribution >= 4 is 5.82 Å². The number of nitrogens with zero attached hydrogens (tertiary/aromatic N) is 3. The first-order valence-corrected chi connectivity index (χ1v) is 5.51. The number of aromatic nitrogens is 2. The second-order valence-corrected chi connectivity index (χ2v) is 4.06. The van der Waals surface area contributed by atoms with E-state index in [2.05, 4.69) is 9.83 Å². The van der Waals surface area contributed by atoms with Gasteiger partial charge < -0.3 is 20.1 Å². The predicted molar refractivity (Wildman–Crippen MR) is 63.7 cm³/mol. The van der Waals surface area contributed by atoms with Crippen LogP contribution < -0.4 is 11.4 Å². The fourth-order valence-electron chi connectivity index (χ4n) is 1.98. The highest BCUT2D eigenvalue weighted by molar-refractivity contribution is 5.23. The summed E-state index contributed by atoms with van der Waals surface area (Å²) in [6, 6.07) is 1.22. The molecule has 0 radical (unpaired) electrons. The molecule has 1 aliphatic rings. The third kappa shape index (κ3) is 2.34. The molecule has 7 heteroatoms. The van der Waals surface area contributed by atoms with Crippen molar-refractivity contribution in [3.05, 3.63) is 34.2 Å². The minimum atomic E-state index is -0.482. The fraction of sp³-hybridized carbons (Fsp3) is 0.545. The third-order valence-corrected chi connectivity index (χ3v) is 2.86. The Bertz CT molecular complexity index is 522. The van der Waals surface area contributed by atoms with Crippen LogP contribution in [0.2, 0.25) is 0 Å². The maximum absolute atomic E-state index is 11.7. The zero-order valence-corrected chi connectivity index (χ0v) is 9.94. The van der Waals surface area contributed by atoms with Gasteiger partial charge in [-0.25, -0.2) is 11.4 Å². The Morgan fingerprint density at radius 1 is 1.78 bits per heavy atom. The van der Waals surface area contributed by atoms with E-state index >= 15 is 0 Å². The van der Waals surface area contributed by atoms with Gasteiger partial charge in [0.1, 0.15) is 12.0 Å². The van der Waals surface area contributed by atoms with E-state index in [0.717, 1.165) is 0 Å². The molecule has 1 aromatic heterocycles. The first-order valence-electron chi connectivity index (χ1n) is 5.51. The summed E-state index contributed by atoms with van der Waals surface area (Å²) in [6.07, 6.45) is 1.18. The second-order valence-electron chi connectivity index (χ2n) is 4.06. The summed E-state index contributed by atoms with van der Waals surface area (Å²) in [5, 5.41) is 0. The van der Waals surface area contributed by atoms with Crippen molar-refractivity contribution in [1.29, 1.82) is 0 Å². The van der Waals surface area contributed by atoms with E-state index in [1.807, 2.05) is 0 Å². The third-order valence-electron chi connectivity index (χ3n) is 2.86. The zero-order valence-electron chi connectivity index (χ0n) is 9.94. The monoisotopic (exact) mass is 250 g/mol. The summed E-state index contributed by atoms with van der Waals surface area (Å²) >= 11 is 0. The lowest BCUT2D eigenvalue weighted by atomic mass is 10.1. The highest BCUT2D eigenvalue weighted by Gasteiger charge is 2.41. The molecule has 1 aromatic rings. The topological polar surface area (TPSA) is 83.7 Å². The van der Waals surface area contributed by atoms with Crippen molar-refractivity contribution in [1.82, 2.24) is 9.55 Å². The largest absolute Gasteiger partial charge is 0.383 e. The quantitative estimate of drug-likeness (QED) is 0.766. The van der Waals surface area contributed by atoms with Gasteiger partial charge in [-0.3, -0.25) is 4.57 Å². The van der Waals surface area contributed by atoms with Crippen LogP contribution >= 0.6 is 0 Å². The summed E-state index contributed by atoms with van der Waals surface area (Å²) in [5.74, 6) is 0.171. The van der Waals surface area contributed by atoms with Crippen molar-refractivity contribution in [2.24, 2.45) is 0 Å². The molecule has 3 atom stereocenters. The molecule has 2 rings (SSSR count). The average molecular weight is 250 g/mol. The second kappa shape index (κ2) is 5.16. The first-order chi connectivity index (χ1) is 8.65.